The van der Waals surface area contributed by atoms with Crippen molar-refractivity contribution in [3.63, 3.8) is 0 Å². The molecule has 1 unspecified atom stereocenters. The van der Waals surface area contributed by atoms with Crippen LogP contribution in [0.25, 0.3) is 0 Å². The van der Waals surface area contributed by atoms with Crippen LogP contribution in [0.3, 0.4) is 0 Å². The van der Waals surface area contributed by atoms with Crippen LogP contribution in [0.4, 0.5) is 11.8 Å². The number of methoxy groups -OCH3 is 1. The lowest BCUT2D eigenvalue weighted by molar-refractivity contribution is -0.146. The largest absolute Gasteiger partial charge is 0.469 e. The van der Waals surface area contributed by atoms with Crippen LogP contribution in [0, 0.1) is 11.3 Å². The lowest BCUT2D eigenvalue weighted by atomic mass is 9.73. The van der Waals surface area contributed by atoms with Gasteiger partial charge in [0.1, 0.15) is 5.82 Å². The van der Waals surface area contributed by atoms with Gasteiger partial charge in [0, 0.05) is 32.4 Å². The second kappa shape index (κ2) is 7.69. The first-order valence-corrected chi connectivity index (χ1v) is 9.75. The molecule has 8 heteroatoms. The fourth-order valence-electron chi connectivity index (χ4n) is 4.29. The minimum absolute atomic E-state index is 0.0768. The van der Waals surface area contributed by atoms with Gasteiger partial charge in [-0.15, -0.1) is 0 Å². The molecule has 0 radical (unpaired) electrons. The van der Waals surface area contributed by atoms with Crippen LogP contribution in [0.2, 0.25) is 0 Å². The summed E-state index contributed by atoms with van der Waals surface area (Å²) >= 11 is 0. The van der Waals surface area contributed by atoms with Gasteiger partial charge in [0.05, 0.1) is 18.4 Å². The molecule has 2 saturated heterocycles. The van der Waals surface area contributed by atoms with Crippen LogP contribution in [0.15, 0.2) is 42.6 Å². The summed E-state index contributed by atoms with van der Waals surface area (Å²) in [5, 5.41) is 0. The molecule has 2 N–H and O–H groups in total. The van der Waals surface area contributed by atoms with E-state index in [4.69, 9.17) is 10.5 Å². The van der Waals surface area contributed by atoms with Crippen LogP contribution < -0.4 is 10.6 Å². The van der Waals surface area contributed by atoms with Crippen molar-refractivity contribution in [2.24, 2.45) is 11.3 Å². The first-order chi connectivity index (χ1) is 14.0. The van der Waals surface area contributed by atoms with E-state index in [9.17, 15) is 9.59 Å². The molecular formula is C21H25N5O3. The zero-order chi connectivity index (χ0) is 20.4. The summed E-state index contributed by atoms with van der Waals surface area (Å²) in [5.74, 6) is 0.526. The Hall–Kier alpha value is -3.16. The van der Waals surface area contributed by atoms with Gasteiger partial charge in [-0.25, -0.2) is 4.98 Å². The third-order valence-corrected chi connectivity index (χ3v) is 5.78. The maximum Gasteiger partial charge on any atom is 0.310 e. The minimum atomic E-state index is -0.569. The van der Waals surface area contributed by atoms with Gasteiger partial charge < -0.3 is 20.3 Å². The van der Waals surface area contributed by atoms with Crippen LogP contribution in [0.5, 0.6) is 0 Å². The van der Waals surface area contributed by atoms with Crippen LogP contribution >= 0.6 is 0 Å². The normalized spacial score (nSPS) is 20.2. The number of hydrogen-bond donors (Lipinski definition) is 1. The number of nitrogen functional groups attached to an aromatic ring is 1. The lowest BCUT2D eigenvalue weighted by Gasteiger charge is -2.50. The Labute approximate surface area is 169 Å². The van der Waals surface area contributed by atoms with E-state index in [0.717, 1.165) is 5.56 Å². The van der Waals surface area contributed by atoms with E-state index in [-0.39, 0.29) is 17.8 Å². The Balaban J connectivity index is 1.54. The zero-order valence-electron chi connectivity index (χ0n) is 16.5. The van der Waals surface area contributed by atoms with E-state index in [0.29, 0.717) is 50.8 Å². The standard InChI is InChI=1S/C21H25N5O3/c1-29-18(27)16-8-10-25(12-16)19(28)21(11-15-5-3-2-4-6-15)13-26(14-21)20-23-9-7-17(22)24-20/h2-7,9,16H,8,10-14H2,1H3,(H2,22,23,24). The van der Waals surface area contributed by atoms with Crippen molar-refractivity contribution in [1.82, 2.24) is 14.9 Å². The number of likely N-dealkylation sites (tertiary alicyclic amines) is 1. The molecule has 0 saturated carbocycles. The molecular weight excluding hydrogens is 370 g/mol. The van der Waals surface area contributed by atoms with Gasteiger partial charge >= 0.3 is 5.97 Å². The predicted molar refractivity (Wildman–Crippen MR) is 108 cm³/mol. The number of carbonyl (C=O) groups is 2. The summed E-state index contributed by atoms with van der Waals surface area (Å²) in [6.07, 6.45) is 2.89. The highest BCUT2D eigenvalue weighted by Crippen LogP contribution is 2.39. The number of nitrogens with two attached hydrogens (primary N) is 1. The van der Waals surface area contributed by atoms with Gasteiger partial charge in [0.2, 0.25) is 11.9 Å². The van der Waals surface area contributed by atoms with Gasteiger partial charge in [-0.2, -0.15) is 4.98 Å². The number of carbonyl (C=O) groups excluding carboxylic acids is 2. The van der Waals surface area contributed by atoms with Gasteiger partial charge in [0.25, 0.3) is 0 Å². The number of anilines is 2. The zero-order valence-corrected chi connectivity index (χ0v) is 16.5. The highest BCUT2D eigenvalue weighted by molar-refractivity contribution is 5.87. The van der Waals surface area contributed by atoms with E-state index in [1.54, 1.807) is 12.3 Å². The van der Waals surface area contributed by atoms with Crippen LogP contribution in [-0.4, -0.2) is 60.0 Å². The summed E-state index contributed by atoms with van der Waals surface area (Å²) < 4.78 is 4.86. The molecule has 4 rings (SSSR count). The summed E-state index contributed by atoms with van der Waals surface area (Å²) in [6.45, 7) is 2.02. The van der Waals surface area contributed by atoms with E-state index < -0.39 is 5.41 Å². The average Bonchev–Trinajstić information content (AvgIpc) is 3.20. The number of amides is 1. The maximum absolute atomic E-state index is 13.5. The van der Waals surface area contributed by atoms with Gasteiger partial charge in [0.15, 0.2) is 0 Å². The highest BCUT2D eigenvalue weighted by atomic mass is 16.5. The number of nitrogens with zero attached hydrogens (tertiary/aromatic N) is 4. The number of esters is 1. The van der Waals surface area contributed by atoms with E-state index in [1.807, 2.05) is 40.1 Å². The van der Waals surface area contributed by atoms with Crippen LogP contribution in [0.1, 0.15) is 12.0 Å². The molecule has 1 amide bonds. The molecule has 1 atom stereocenters. The molecule has 2 aliphatic heterocycles. The summed E-state index contributed by atoms with van der Waals surface area (Å²) in [4.78, 5) is 37.8. The molecule has 1 aromatic heterocycles. The number of hydrogen-bond acceptors (Lipinski definition) is 7. The lowest BCUT2D eigenvalue weighted by Crippen LogP contribution is -2.65. The predicted octanol–water partition coefficient (Wildman–Crippen LogP) is 1.13. The molecule has 2 fully saturated rings. The molecule has 2 aliphatic rings. The van der Waals surface area contributed by atoms with Crippen LogP contribution in [-0.2, 0) is 20.7 Å². The maximum atomic E-state index is 13.5. The van der Waals surface area contributed by atoms with Gasteiger partial charge in [-0.05, 0) is 24.5 Å². The number of ether oxygens (including phenoxy) is 1. The molecule has 1 aromatic carbocycles. The van der Waals surface area contributed by atoms with Crippen molar-refractivity contribution in [2.45, 2.75) is 12.8 Å². The summed E-state index contributed by atoms with van der Waals surface area (Å²) in [5.41, 5.74) is 6.33. The number of aromatic nitrogens is 2. The van der Waals surface area contributed by atoms with E-state index >= 15 is 0 Å². The Morgan fingerprint density at radius 3 is 2.69 bits per heavy atom. The first kappa shape index (κ1) is 19.2. The number of rotatable bonds is 5. The molecule has 29 heavy (non-hydrogen) atoms. The Morgan fingerprint density at radius 1 is 1.24 bits per heavy atom. The van der Waals surface area contributed by atoms with Crippen molar-refractivity contribution in [3.05, 3.63) is 48.2 Å². The molecule has 0 bridgehead atoms. The first-order valence-electron chi connectivity index (χ1n) is 9.75. The van der Waals surface area contributed by atoms with Crippen molar-refractivity contribution in [1.29, 1.82) is 0 Å². The van der Waals surface area contributed by atoms with Crippen molar-refractivity contribution >= 4 is 23.6 Å². The second-order valence-electron chi connectivity index (χ2n) is 7.84. The summed E-state index contributed by atoms with van der Waals surface area (Å²) in [6, 6.07) is 11.6. The monoisotopic (exact) mass is 395 g/mol. The average molecular weight is 395 g/mol. The molecule has 2 aromatic rings. The fraction of sp³-hybridized carbons (Fsp3) is 0.429. The van der Waals surface area contributed by atoms with Crippen molar-refractivity contribution in [2.75, 3.05) is 43.9 Å². The molecule has 152 valence electrons. The third kappa shape index (κ3) is 3.74. The molecule has 3 heterocycles. The minimum Gasteiger partial charge on any atom is -0.469 e. The Bertz CT molecular complexity index is 898. The molecule has 8 nitrogen and oxygen atoms in total. The van der Waals surface area contributed by atoms with E-state index in [2.05, 4.69) is 9.97 Å². The quantitative estimate of drug-likeness (QED) is 0.757. The smallest absolute Gasteiger partial charge is 0.310 e. The van der Waals surface area contributed by atoms with Gasteiger partial charge in [-0.3, -0.25) is 9.59 Å². The highest BCUT2D eigenvalue weighted by Gasteiger charge is 2.52. The summed E-state index contributed by atoms with van der Waals surface area (Å²) in [7, 11) is 1.39. The third-order valence-electron chi connectivity index (χ3n) is 5.78. The van der Waals surface area contributed by atoms with Gasteiger partial charge in [-0.1, -0.05) is 30.3 Å². The Morgan fingerprint density at radius 2 is 2.00 bits per heavy atom. The molecule has 0 spiro atoms. The fourth-order valence-corrected chi connectivity index (χ4v) is 4.29. The SMILES string of the molecule is COC(=O)C1CCN(C(=O)C2(Cc3ccccc3)CN(c3nccc(N)n3)C2)C1. The topological polar surface area (TPSA) is 102 Å². The number of benzene rings is 1. The van der Waals surface area contributed by atoms with E-state index in [1.165, 1.54) is 7.11 Å². The Kier molecular flexibility index (Phi) is 5.08. The van der Waals surface area contributed by atoms with Crippen molar-refractivity contribution in [3.8, 4) is 0 Å². The van der Waals surface area contributed by atoms with Crippen molar-refractivity contribution < 1.29 is 14.3 Å². The molecule has 0 aliphatic carbocycles. The second-order valence-corrected chi connectivity index (χ2v) is 7.84.